The van der Waals surface area contributed by atoms with Crippen molar-refractivity contribution in [1.82, 2.24) is 10.1 Å². The average molecular weight is 372 g/mol. The largest absolute Gasteiger partial charge is 0.497 e. The van der Waals surface area contributed by atoms with Gasteiger partial charge in [-0.15, -0.1) is 0 Å². The zero-order valence-corrected chi connectivity index (χ0v) is 16.3. The van der Waals surface area contributed by atoms with Gasteiger partial charge in [0.15, 0.2) is 0 Å². The van der Waals surface area contributed by atoms with E-state index in [2.05, 4.69) is 19.0 Å². The summed E-state index contributed by atoms with van der Waals surface area (Å²) in [6, 6.07) is 9.36. The normalized spacial score (nSPS) is 17.2. The van der Waals surface area contributed by atoms with Gasteiger partial charge in [0.05, 0.1) is 19.4 Å². The lowest BCUT2D eigenvalue weighted by atomic mass is 9.98. The molecule has 1 amide bonds. The molecule has 1 aromatic heterocycles. The highest BCUT2D eigenvalue weighted by atomic mass is 16.5. The number of amides is 1. The molecule has 0 aliphatic carbocycles. The Kier molecular flexibility index (Phi) is 6.37. The van der Waals surface area contributed by atoms with Gasteiger partial charge in [-0.2, -0.15) is 0 Å². The first kappa shape index (κ1) is 19.3. The number of aromatic nitrogens is 1. The molecule has 1 atom stereocenters. The molecule has 0 spiro atoms. The number of carbonyl (C=O) groups excluding carboxylic acids is 1. The highest BCUT2D eigenvalue weighted by Gasteiger charge is 2.27. The lowest BCUT2D eigenvalue weighted by Gasteiger charge is -2.32. The summed E-state index contributed by atoms with van der Waals surface area (Å²) in [5.74, 6) is 2.59. The third-order valence-electron chi connectivity index (χ3n) is 4.72. The SMILES string of the molecule is COc1cccc(OC[C@@H]2CCCN(C(=O)c3cc(CC(C)C)no3)C2)c1. The molecule has 1 fully saturated rings. The van der Waals surface area contributed by atoms with E-state index in [0.29, 0.717) is 30.7 Å². The molecule has 0 bridgehead atoms. The summed E-state index contributed by atoms with van der Waals surface area (Å²) in [4.78, 5) is 14.6. The van der Waals surface area contributed by atoms with Gasteiger partial charge in [-0.05, 0) is 37.3 Å². The molecule has 3 rings (SSSR count). The zero-order chi connectivity index (χ0) is 19.2. The fourth-order valence-electron chi connectivity index (χ4n) is 3.37. The van der Waals surface area contributed by atoms with E-state index in [1.54, 1.807) is 13.2 Å². The summed E-state index contributed by atoms with van der Waals surface area (Å²) >= 11 is 0. The Hall–Kier alpha value is -2.50. The number of benzene rings is 1. The van der Waals surface area contributed by atoms with Crippen LogP contribution in [0.4, 0.5) is 0 Å². The van der Waals surface area contributed by atoms with Gasteiger partial charge in [0.1, 0.15) is 11.5 Å². The second-order valence-corrected chi connectivity index (χ2v) is 7.53. The van der Waals surface area contributed by atoms with Crippen molar-refractivity contribution in [3.63, 3.8) is 0 Å². The first-order chi connectivity index (χ1) is 13.0. The average Bonchev–Trinajstić information content (AvgIpc) is 3.14. The molecule has 1 aliphatic rings. The van der Waals surface area contributed by atoms with Crippen LogP contribution in [0.3, 0.4) is 0 Å². The van der Waals surface area contributed by atoms with Crippen LogP contribution in [-0.2, 0) is 6.42 Å². The Balaban J connectivity index is 1.55. The van der Waals surface area contributed by atoms with Crippen molar-refractivity contribution in [2.24, 2.45) is 11.8 Å². The fraction of sp³-hybridized carbons (Fsp3) is 0.524. The minimum absolute atomic E-state index is 0.0800. The van der Waals surface area contributed by atoms with Gasteiger partial charge >= 0.3 is 0 Å². The van der Waals surface area contributed by atoms with Crippen LogP contribution >= 0.6 is 0 Å². The van der Waals surface area contributed by atoms with Crippen molar-refractivity contribution in [2.45, 2.75) is 33.1 Å². The van der Waals surface area contributed by atoms with Gasteiger partial charge in [0.25, 0.3) is 5.91 Å². The Morgan fingerprint density at radius 3 is 2.93 bits per heavy atom. The van der Waals surface area contributed by atoms with Crippen molar-refractivity contribution >= 4 is 5.91 Å². The highest BCUT2D eigenvalue weighted by molar-refractivity contribution is 5.91. The number of rotatable bonds is 7. The second-order valence-electron chi connectivity index (χ2n) is 7.53. The number of hydrogen-bond donors (Lipinski definition) is 0. The molecule has 0 N–H and O–H groups in total. The van der Waals surface area contributed by atoms with E-state index in [0.717, 1.165) is 43.0 Å². The number of hydrogen-bond acceptors (Lipinski definition) is 5. The van der Waals surface area contributed by atoms with Crippen molar-refractivity contribution < 1.29 is 18.8 Å². The number of methoxy groups -OCH3 is 1. The van der Waals surface area contributed by atoms with Crippen LogP contribution in [0.2, 0.25) is 0 Å². The summed E-state index contributed by atoms with van der Waals surface area (Å²) in [5, 5.41) is 4.02. The first-order valence-electron chi connectivity index (χ1n) is 9.57. The molecular formula is C21H28N2O4. The molecule has 1 aliphatic heterocycles. The van der Waals surface area contributed by atoms with Crippen LogP contribution < -0.4 is 9.47 Å². The predicted octanol–water partition coefficient (Wildman–Crippen LogP) is 3.81. The van der Waals surface area contributed by atoms with Gasteiger partial charge in [-0.3, -0.25) is 4.79 Å². The molecule has 6 heteroatoms. The molecule has 2 heterocycles. The molecule has 0 saturated carbocycles. The molecular weight excluding hydrogens is 344 g/mol. The van der Waals surface area contributed by atoms with Gasteiger partial charge in [-0.25, -0.2) is 0 Å². The van der Waals surface area contributed by atoms with E-state index < -0.39 is 0 Å². The summed E-state index contributed by atoms with van der Waals surface area (Å²) in [7, 11) is 1.64. The zero-order valence-electron chi connectivity index (χ0n) is 16.3. The van der Waals surface area contributed by atoms with E-state index in [1.165, 1.54) is 0 Å². The fourth-order valence-corrected chi connectivity index (χ4v) is 3.37. The minimum atomic E-state index is -0.0800. The Labute approximate surface area is 160 Å². The number of nitrogens with zero attached hydrogens (tertiary/aromatic N) is 2. The third kappa shape index (κ3) is 5.25. The maximum Gasteiger partial charge on any atom is 0.292 e. The lowest BCUT2D eigenvalue weighted by molar-refractivity contribution is 0.0593. The van der Waals surface area contributed by atoms with Crippen molar-refractivity contribution in [3.8, 4) is 11.5 Å². The monoisotopic (exact) mass is 372 g/mol. The van der Waals surface area contributed by atoms with Crippen LogP contribution in [0.25, 0.3) is 0 Å². The Bertz CT molecular complexity index is 756. The molecule has 6 nitrogen and oxygen atoms in total. The third-order valence-corrected chi connectivity index (χ3v) is 4.72. The quantitative estimate of drug-likeness (QED) is 0.739. The smallest absolute Gasteiger partial charge is 0.292 e. The van der Waals surface area contributed by atoms with Gasteiger partial charge in [0, 0.05) is 31.1 Å². The first-order valence-corrected chi connectivity index (χ1v) is 9.57. The van der Waals surface area contributed by atoms with E-state index in [9.17, 15) is 4.79 Å². The van der Waals surface area contributed by atoms with E-state index in [-0.39, 0.29) is 5.91 Å². The molecule has 0 unspecified atom stereocenters. The number of piperidine rings is 1. The number of carbonyl (C=O) groups is 1. The highest BCUT2D eigenvalue weighted by Crippen LogP contribution is 2.23. The maximum absolute atomic E-state index is 12.7. The lowest BCUT2D eigenvalue weighted by Crippen LogP contribution is -2.41. The summed E-state index contributed by atoms with van der Waals surface area (Å²) in [6.07, 6.45) is 2.82. The van der Waals surface area contributed by atoms with Crippen LogP contribution in [0, 0.1) is 11.8 Å². The summed E-state index contributed by atoms with van der Waals surface area (Å²) in [6.45, 7) is 6.23. The van der Waals surface area contributed by atoms with Gasteiger partial charge in [0.2, 0.25) is 5.76 Å². The molecule has 146 valence electrons. The molecule has 27 heavy (non-hydrogen) atoms. The molecule has 0 radical (unpaired) electrons. The van der Waals surface area contributed by atoms with Crippen molar-refractivity contribution in [3.05, 3.63) is 41.8 Å². The van der Waals surface area contributed by atoms with E-state index >= 15 is 0 Å². The Morgan fingerprint density at radius 2 is 2.15 bits per heavy atom. The summed E-state index contributed by atoms with van der Waals surface area (Å²) < 4.78 is 16.4. The van der Waals surface area contributed by atoms with Crippen LogP contribution in [-0.4, -0.2) is 42.8 Å². The topological polar surface area (TPSA) is 64.8 Å². The van der Waals surface area contributed by atoms with Gasteiger partial charge < -0.3 is 18.9 Å². The van der Waals surface area contributed by atoms with Crippen molar-refractivity contribution in [2.75, 3.05) is 26.8 Å². The molecule has 2 aromatic rings. The van der Waals surface area contributed by atoms with Crippen molar-refractivity contribution in [1.29, 1.82) is 0 Å². The van der Waals surface area contributed by atoms with Gasteiger partial charge in [-0.1, -0.05) is 25.1 Å². The summed E-state index contributed by atoms with van der Waals surface area (Å²) in [5.41, 5.74) is 0.836. The van der Waals surface area contributed by atoms with E-state index in [1.807, 2.05) is 29.2 Å². The second kappa shape index (κ2) is 8.93. The maximum atomic E-state index is 12.7. The van der Waals surface area contributed by atoms with Crippen LogP contribution in [0.5, 0.6) is 11.5 Å². The Morgan fingerprint density at radius 1 is 1.33 bits per heavy atom. The molecule has 1 saturated heterocycles. The molecule has 1 aromatic carbocycles. The predicted molar refractivity (Wildman–Crippen MR) is 102 cm³/mol. The van der Waals surface area contributed by atoms with Crippen LogP contribution in [0.15, 0.2) is 34.9 Å². The standard InChI is InChI=1S/C21H28N2O4/c1-15(2)10-17-11-20(27-22-17)21(24)23-9-5-6-16(13-23)14-26-19-8-4-7-18(12-19)25-3/h4,7-8,11-12,15-16H,5-6,9-10,13-14H2,1-3H3/t16-/m1/s1. The minimum Gasteiger partial charge on any atom is -0.497 e. The number of ether oxygens (including phenoxy) is 2. The van der Waals surface area contributed by atoms with Crippen LogP contribution in [0.1, 0.15) is 42.9 Å². The number of likely N-dealkylation sites (tertiary alicyclic amines) is 1. The van der Waals surface area contributed by atoms with E-state index in [4.69, 9.17) is 14.0 Å².